The molecule has 1 amide bonds. The first kappa shape index (κ1) is 33.8. The monoisotopic (exact) mass is 689 g/mol. The van der Waals surface area contributed by atoms with Crippen molar-refractivity contribution in [1.82, 2.24) is 9.80 Å². The molecule has 0 radical (unpaired) electrons. The highest BCUT2D eigenvalue weighted by Gasteiger charge is 2.32. The average molecular weight is 690 g/mol. The summed E-state index contributed by atoms with van der Waals surface area (Å²) in [4.78, 5) is 29.2. The Morgan fingerprint density at radius 3 is 2.58 bits per heavy atom. The highest BCUT2D eigenvalue weighted by atomic mass is 32.2. The van der Waals surface area contributed by atoms with E-state index in [0.717, 1.165) is 62.5 Å². The third-order valence-electron chi connectivity index (χ3n) is 8.45. The predicted molar refractivity (Wildman–Crippen MR) is 191 cm³/mol. The maximum Gasteiger partial charge on any atom is 0.307 e. The van der Waals surface area contributed by atoms with Gasteiger partial charge in [-0.2, -0.15) is 0 Å². The number of hydrogen-bond acceptors (Lipinski definition) is 10. The minimum absolute atomic E-state index is 0.114. The van der Waals surface area contributed by atoms with Gasteiger partial charge in [-0.25, -0.2) is 0 Å². The summed E-state index contributed by atoms with van der Waals surface area (Å²) in [6.45, 7) is 6.19. The van der Waals surface area contributed by atoms with Gasteiger partial charge in [0.15, 0.2) is 11.5 Å². The molecular formula is C36H39N3O7S2. The first-order valence-electron chi connectivity index (χ1n) is 16.1. The zero-order chi connectivity index (χ0) is 33.5. The van der Waals surface area contributed by atoms with Crippen LogP contribution in [0, 0.1) is 0 Å². The molecule has 2 saturated heterocycles. The lowest BCUT2D eigenvalue weighted by atomic mass is 9.99. The number of anilines is 1. The molecule has 3 aromatic carbocycles. The number of thioether (sulfide) groups is 1. The second kappa shape index (κ2) is 15.9. The Morgan fingerprint density at radius 2 is 1.77 bits per heavy atom. The summed E-state index contributed by atoms with van der Waals surface area (Å²) in [5, 5.41) is 12.6. The minimum atomic E-state index is -0.923. The lowest BCUT2D eigenvalue weighted by Gasteiger charge is -2.26. The number of benzene rings is 3. The molecule has 3 aliphatic rings. The van der Waals surface area contributed by atoms with Crippen molar-refractivity contribution >= 4 is 51.9 Å². The van der Waals surface area contributed by atoms with E-state index in [4.69, 9.17) is 36.3 Å². The number of fused-ring (bicyclic) bond motifs is 1. The van der Waals surface area contributed by atoms with E-state index >= 15 is 0 Å². The number of carboxylic acids is 1. The number of methoxy groups -OCH3 is 1. The topological polar surface area (TPSA) is 110 Å². The Hall–Kier alpha value is -4.10. The van der Waals surface area contributed by atoms with Crippen molar-refractivity contribution < 1.29 is 33.6 Å². The third kappa shape index (κ3) is 8.30. The van der Waals surface area contributed by atoms with Crippen LogP contribution in [0.4, 0.5) is 5.69 Å². The molecular weight excluding hydrogens is 651 g/mol. The normalized spacial score (nSPS) is 17.0. The summed E-state index contributed by atoms with van der Waals surface area (Å²) in [6.07, 6.45) is 3.29. The second-order valence-corrected chi connectivity index (χ2v) is 13.4. The van der Waals surface area contributed by atoms with Gasteiger partial charge in [0.05, 0.1) is 38.3 Å². The first-order chi connectivity index (χ1) is 23.4. The maximum atomic E-state index is 13.6. The summed E-state index contributed by atoms with van der Waals surface area (Å²) in [6, 6.07) is 17.7. The summed E-state index contributed by atoms with van der Waals surface area (Å²) >= 11 is 6.92. The molecule has 10 nitrogen and oxygen atoms in total. The zero-order valence-electron chi connectivity index (χ0n) is 26.9. The lowest BCUT2D eigenvalue weighted by molar-refractivity contribution is -0.136. The predicted octanol–water partition coefficient (Wildman–Crippen LogP) is 5.34. The van der Waals surface area contributed by atoms with Crippen LogP contribution in [0.15, 0.2) is 59.5 Å². The van der Waals surface area contributed by atoms with Crippen molar-refractivity contribution in [2.75, 3.05) is 71.6 Å². The third-order valence-corrected chi connectivity index (χ3v) is 9.83. The number of carboxylic acid groups (broad SMARTS) is 1. The summed E-state index contributed by atoms with van der Waals surface area (Å²) < 4.78 is 23.6. The fourth-order valence-electron chi connectivity index (χ4n) is 5.92. The van der Waals surface area contributed by atoms with Crippen molar-refractivity contribution in [3.8, 4) is 28.4 Å². The molecule has 3 heterocycles. The van der Waals surface area contributed by atoms with Crippen molar-refractivity contribution in [2.24, 2.45) is 0 Å². The molecule has 0 bridgehead atoms. The van der Waals surface area contributed by atoms with E-state index in [1.54, 1.807) is 23.1 Å². The zero-order valence-corrected chi connectivity index (χ0v) is 28.5. The number of nitrogens with zero attached hydrogens (tertiary/aromatic N) is 2. The number of rotatable bonds is 14. The molecule has 3 aromatic rings. The van der Waals surface area contributed by atoms with E-state index in [1.807, 2.05) is 12.1 Å². The standard InChI is InChI=1S/C36H39N3O7S2/c1-43-31-7-3-24(20-34(40)41)19-32(31)45-15-2-11-39-35(42)33(48-36(39)47)23-28-22-26(25-4-6-29-27(21-25)9-10-37-29)5-8-30(28)46-18-14-38-12-16-44-17-13-38/h3-8,19,21-23,37H,2,9-18,20H2,1H3,(H,40,41). The van der Waals surface area contributed by atoms with E-state index < -0.39 is 5.97 Å². The molecule has 0 unspecified atom stereocenters. The van der Waals surface area contributed by atoms with E-state index in [-0.39, 0.29) is 12.3 Å². The van der Waals surface area contributed by atoms with Gasteiger partial charge in [0.2, 0.25) is 0 Å². The smallest absolute Gasteiger partial charge is 0.307 e. The van der Waals surface area contributed by atoms with Crippen LogP contribution in [0.25, 0.3) is 17.2 Å². The minimum Gasteiger partial charge on any atom is -0.493 e. The molecule has 0 spiro atoms. The molecule has 252 valence electrons. The van der Waals surface area contributed by atoms with Gasteiger partial charge in [0.25, 0.3) is 5.91 Å². The lowest BCUT2D eigenvalue weighted by Crippen LogP contribution is -2.38. The Morgan fingerprint density at radius 1 is 1.00 bits per heavy atom. The van der Waals surface area contributed by atoms with Crippen LogP contribution in [-0.4, -0.2) is 97.4 Å². The van der Waals surface area contributed by atoms with Gasteiger partial charge in [-0.1, -0.05) is 42.2 Å². The van der Waals surface area contributed by atoms with E-state index in [0.29, 0.717) is 58.2 Å². The maximum absolute atomic E-state index is 13.6. The Balaban J connectivity index is 1.15. The number of carbonyl (C=O) groups excluding carboxylic acids is 1. The largest absolute Gasteiger partial charge is 0.493 e. The summed E-state index contributed by atoms with van der Waals surface area (Å²) in [7, 11) is 1.53. The van der Waals surface area contributed by atoms with Gasteiger partial charge in [-0.3, -0.25) is 19.4 Å². The molecule has 0 aromatic heterocycles. The number of carbonyl (C=O) groups is 2. The number of aliphatic carboxylic acids is 1. The van der Waals surface area contributed by atoms with E-state index in [1.165, 1.54) is 30.1 Å². The van der Waals surface area contributed by atoms with E-state index in [9.17, 15) is 9.59 Å². The van der Waals surface area contributed by atoms with E-state index in [2.05, 4.69) is 40.5 Å². The fourth-order valence-corrected chi connectivity index (χ4v) is 7.22. The van der Waals surface area contributed by atoms with Crippen LogP contribution in [0.5, 0.6) is 17.2 Å². The highest BCUT2D eigenvalue weighted by molar-refractivity contribution is 8.26. The van der Waals surface area contributed by atoms with Crippen LogP contribution >= 0.6 is 24.0 Å². The van der Waals surface area contributed by atoms with Gasteiger partial charge < -0.3 is 29.4 Å². The quantitative estimate of drug-likeness (QED) is 0.130. The number of thiocarbonyl (C=S) groups is 1. The van der Waals surface area contributed by atoms with Gasteiger partial charge in [0.1, 0.15) is 16.7 Å². The van der Waals surface area contributed by atoms with Crippen LogP contribution < -0.4 is 19.5 Å². The number of amides is 1. The number of ether oxygens (including phenoxy) is 4. The van der Waals surface area contributed by atoms with Gasteiger partial charge in [0, 0.05) is 44.0 Å². The molecule has 0 atom stereocenters. The van der Waals surface area contributed by atoms with Gasteiger partial charge in [-0.15, -0.1) is 0 Å². The van der Waals surface area contributed by atoms with Crippen molar-refractivity contribution in [2.45, 2.75) is 19.3 Å². The van der Waals surface area contributed by atoms with Crippen molar-refractivity contribution in [3.63, 3.8) is 0 Å². The SMILES string of the molecule is COc1ccc(CC(=O)O)cc1OCCCN1C(=O)C(=Cc2cc(-c3ccc4c(c3)CCN4)ccc2OCCN2CCOCC2)SC1=S. The molecule has 2 N–H and O–H groups in total. The van der Waals surface area contributed by atoms with Crippen LogP contribution in [0.1, 0.15) is 23.1 Å². The Labute approximate surface area is 290 Å². The molecule has 3 aliphatic heterocycles. The Bertz CT molecular complexity index is 1710. The van der Waals surface area contributed by atoms with Crippen LogP contribution in [0.3, 0.4) is 0 Å². The summed E-state index contributed by atoms with van der Waals surface area (Å²) in [5.41, 5.74) is 6.09. The molecule has 0 aliphatic carbocycles. The first-order valence-corrected chi connectivity index (χ1v) is 17.3. The van der Waals surface area contributed by atoms with Crippen molar-refractivity contribution in [1.29, 1.82) is 0 Å². The fraction of sp³-hybridized carbons (Fsp3) is 0.361. The van der Waals surface area contributed by atoms with Gasteiger partial charge in [-0.05, 0) is 77.6 Å². The van der Waals surface area contributed by atoms with Crippen LogP contribution in [0.2, 0.25) is 0 Å². The molecule has 0 saturated carbocycles. The number of nitrogens with one attached hydrogen (secondary N) is 1. The van der Waals surface area contributed by atoms with Crippen LogP contribution in [-0.2, 0) is 27.2 Å². The second-order valence-electron chi connectivity index (χ2n) is 11.7. The molecule has 6 rings (SSSR count). The number of hydrogen-bond donors (Lipinski definition) is 2. The average Bonchev–Trinajstić information content (AvgIpc) is 3.66. The van der Waals surface area contributed by atoms with Crippen molar-refractivity contribution in [3.05, 3.63) is 76.2 Å². The highest BCUT2D eigenvalue weighted by Crippen LogP contribution is 2.37. The van der Waals surface area contributed by atoms with Gasteiger partial charge >= 0.3 is 5.97 Å². The number of morpholine rings is 1. The Kier molecular flexibility index (Phi) is 11.2. The molecule has 2 fully saturated rings. The summed E-state index contributed by atoms with van der Waals surface area (Å²) in [5.74, 6) is 0.612. The molecule has 12 heteroatoms. The molecule has 48 heavy (non-hydrogen) atoms.